The van der Waals surface area contributed by atoms with Crippen LogP contribution in [0.1, 0.15) is 43.0 Å². The zero-order valence-electron chi connectivity index (χ0n) is 17.3. The molecular formula is C21H24N4O3S2. The van der Waals surface area contributed by atoms with Crippen LogP contribution in [0.4, 0.5) is 5.00 Å². The summed E-state index contributed by atoms with van der Waals surface area (Å²) < 4.78 is 7.22. The fourth-order valence-electron chi connectivity index (χ4n) is 3.02. The fourth-order valence-corrected chi connectivity index (χ4v) is 4.91. The van der Waals surface area contributed by atoms with Crippen molar-refractivity contribution in [2.45, 2.75) is 38.9 Å². The van der Waals surface area contributed by atoms with E-state index < -0.39 is 5.97 Å². The molecule has 0 aliphatic heterocycles. The number of hydrogen-bond donors (Lipinski definition) is 1. The predicted molar refractivity (Wildman–Crippen MR) is 120 cm³/mol. The van der Waals surface area contributed by atoms with Gasteiger partial charge >= 0.3 is 5.97 Å². The normalized spacial score (nSPS) is 11.0. The van der Waals surface area contributed by atoms with Crippen LogP contribution < -0.4 is 5.32 Å². The van der Waals surface area contributed by atoms with Gasteiger partial charge in [-0.15, -0.1) is 21.5 Å². The number of hydrogen-bond acceptors (Lipinski definition) is 7. The van der Waals surface area contributed by atoms with Crippen LogP contribution in [0, 0.1) is 6.92 Å². The zero-order valence-corrected chi connectivity index (χ0v) is 19.0. The number of thioether (sulfide) groups is 1. The molecule has 0 aliphatic carbocycles. The zero-order chi connectivity index (χ0) is 21.7. The fraction of sp³-hybridized carbons (Fsp3) is 0.333. The summed E-state index contributed by atoms with van der Waals surface area (Å²) in [7, 11) is 0. The standard InChI is InChI=1S/C21H24N4O3S2/c1-5-28-20(27)18-16(15-9-7-6-8-10-15)11-29-19(18)22-17(26)12-30-21-24-23-14(4)25(21)13(2)3/h6-11,13H,5,12H2,1-4H3,(H,22,26). The molecule has 0 bridgehead atoms. The summed E-state index contributed by atoms with van der Waals surface area (Å²) in [5.74, 6) is 0.299. The largest absolute Gasteiger partial charge is 0.462 e. The Bertz CT molecular complexity index is 1030. The van der Waals surface area contributed by atoms with Crippen LogP contribution in [0.25, 0.3) is 11.1 Å². The minimum atomic E-state index is -0.448. The summed E-state index contributed by atoms with van der Waals surface area (Å²) in [5, 5.41) is 14.2. The van der Waals surface area contributed by atoms with Crippen molar-refractivity contribution in [2.75, 3.05) is 17.7 Å². The van der Waals surface area contributed by atoms with E-state index in [2.05, 4.69) is 15.5 Å². The van der Waals surface area contributed by atoms with E-state index >= 15 is 0 Å². The van der Waals surface area contributed by atoms with Gasteiger partial charge in [0.1, 0.15) is 16.4 Å². The molecule has 30 heavy (non-hydrogen) atoms. The van der Waals surface area contributed by atoms with Gasteiger partial charge in [-0.2, -0.15) is 0 Å². The number of carbonyl (C=O) groups excluding carboxylic acids is 2. The maximum absolute atomic E-state index is 12.6. The molecule has 1 N–H and O–H groups in total. The maximum Gasteiger partial charge on any atom is 0.341 e. The first-order valence-electron chi connectivity index (χ1n) is 9.60. The van der Waals surface area contributed by atoms with Gasteiger partial charge in [-0.1, -0.05) is 42.1 Å². The van der Waals surface area contributed by atoms with Gasteiger partial charge in [-0.3, -0.25) is 4.79 Å². The lowest BCUT2D eigenvalue weighted by molar-refractivity contribution is -0.113. The highest BCUT2D eigenvalue weighted by Crippen LogP contribution is 2.36. The maximum atomic E-state index is 12.6. The van der Waals surface area contributed by atoms with Gasteiger partial charge in [-0.05, 0) is 33.3 Å². The third-order valence-corrected chi connectivity index (χ3v) is 6.13. The third kappa shape index (κ3) is 4.91. The summed E-state index contributed by atoms with van der Waals surface area (Å²) >= 11 is 2.63. The van der Waals surface area contributed by atoms with Crippen LogP contribution in [0.15, 0.2) is 40.9 Å². The van der Waals surface area contributed by atoms with E-state index in [0.29, 0.717) is 15.7 Å². The van der Waals surface area contributed by atoms with Crippen molar-refractivity contribution in [2.24, 2.45) is 0 Å². The van der Waals surface area contributed by atoms with Crippen LogP contribution in [0.5, 0.6) is 0 Å². The van der Waals surface area contributed by atoms with Crippen molar-refractivity contribution in [3.8, 4) is 11.1 Å². The van der Waals surface area contributed by atoms with E-state index in [9.17, 15) is 9.59 Å². The van der Waals surface area contributed by atoms with Crippen molar-refractivity contribution in [3.63, 3.8) is 0 Å². The number of benzene rings is 1. The lowest BCUT2D eigenvalue weighted by Gasteiger charge is -2.12. The molecule has 158 valence electrons. The summed E-state index contributed by atoms with van der Waals surface area (Å²) in [5.41, 5.74) is 2.02. The van der Waals surface area contributed by atoms with E-state index in [1.165, 1.54) is 23.1 Å². The summed E-state index contributed by atoms with van der Waals surface area (Å²) in [6.45, 7) is 8.00. The lowest BCUT2D eigenvalue weighted by Crippen LogP contribution is -2.17. The first-order chi connectivity index (χ1) is 14.4. The van der Waals surface area contributed by atoms with E-state index in [-0.39, 0.29) is 24.3 Å². The predicted octanol–water partition coefficient (Wildman–Crippen LogP) is 4.80. The summed E-state index contributed by atoms with van der Waals surface area (Å²) in [6, 6.07) is 9.78. The Morgan fingerprint density at radius 1 is 1.23 bits per heavy atom. The lowest BCUT2D eigenvalue weighted by atomic mass is 10.0. The first kappa shape index (κ1) is 22.0. The Labute approximate surface area is 183 Å². The van der Waals surface area contributed by atoms with Crippen molar-refractivity contribution < 1.29 is 14.3 Å². The average Bonchev–Trinajstić information content (AvgIpc) is 3.30. The highest BCUT2D eigenvalue weighted by Gasteiger charge is 2.23. The van der Waals surface area contributed by atoms with E-state index in [4.69, 9.17) is 4.74 Å². The monoisotopic (exact) mass is 444 g/mol. The van der Waals surface area contributed by atoms with Gasteiger partial charge in [0.15, 0.2) is 5.16 Å². The number of anilines is 1. The van der Waals surface area contributed by atoms with Crippen LogP contribution >= 0.6 is 23.1 Å². The second-order valence-electron chi connectivity index (χ2n) is 6.77. The molecule has 0 saturated heterocycles. The Kier molecular flexibility index (Phi) is 7.28. The molecule has 1 amide bonds. The SMILES string of the molecule is CCOC(=O)c1c(-c2ccccc2)csc1NC(=O)CSc1nnc(C)n1C(C)C. The van der Waals surface area contributed by atoms with Gasteiger partial charge in [0.05, 0.1) is 12.4 Å². The second-order valence-corrected chi connectivity index (χ2v) is 8.59. The minimum Gasteiger partial charge on any atom is -0.462 e. The van der Waals surface area contributed by atoms with E-state index in [1.807, 2.05) is 61.1 Å². The highest BCUT2D eigenvalue weighted by atomic mass is 32.2. The number of amides is 1. The van der Waals surface area contributed by atoms with Crippen molar-refractivity contribution in [1.82, 2.24) is 14.8 Å². The summed E-state index contributed by atoms with van der Waals surface area (Å²) in [6.07, 6.45) is 0. The molecule has 0 spiro atoms. The molecule has 2 heterocycles. The highest BCUT2D eigenvalue weighted by molar-refractivity contribution is 7.99. The summed E-state index contributed by atoms with van der Waals surface area (Å²) in [4.78, 5) is 25.2. The van der Waals surface area contributed by atoms with Gasteiger partial charge < -0.3 is 14.6 Å². The van der Waals surface area contributed by atoms with Crippen LogP contribution in [0.2, 0.25) is 0 Å². The van der Waals surface area contributed by atoms with Gasteiger partial charge in [-0.25, -0.2) is 4.79 Å². The second kappa shape index (κ2) is 9.90. The van der Waals surface area contributed by atoms with Crippen LogP contribution in [0.3, 0.4) is 0 Å². The molecule has 2 aromatic heterocycles. The molecule has 0 fully saturated rings. The topological polar surface area (TPSA) is 86.1 Å². The average molecular weight is 445 g/mol. The smallest absolute Gasteiger partial charge is 0.341 e. The van der Waals surface area contributed by atoms with Gasteiger partial charge in [0.25, 0.3) is 0 Å². The molecule has 3 rings (SSSR count). The molecule has 0 aliphatic rings. The number of nitrogens with zero attached hydrogens (tertiary/aromatic N) is 3. The number of carbonyl (C=O) groups is 2. The molecule has 3 aromatic rings. The minimum absolute atomic E-state index is 0.158. The van der Waals surface area contributed by atoms with Crippen molar-refractivity contribution in [3.05, 3.63) is 47.1 Å². The van der Waals surface area contributed by atoms with Gasteiger partial charge in [0, 0.05) is 17.0 Å². The molecule has 0 unspecified atom stereocenters. The molecule has 1 aromatic carbocycles. The Morgan fingerprint density at radius 2 is 1.97 bits per heavy atom. The quantitative estimate of drug-likeness (QED) is 0.397. The number of aromatic nitrogens is 3. The third-order valence-electron chi connectivity index (χ3n) is 4.29. The Hall–Kier alpha value is -2.65. The molecule has 0 atom stereocenters. The van der Waals surface area contributed by atoms with E-state index in [0.717, 1.165) is 17.0 Å². The number of ether oxygens (including phenoxy) is 1. The number of nitrogens with one attached hydrogen (secondary N) is 1. The number of rotatable bonds is 8. The number of esters is 1. The number of thiophene rings is 1. The molecule has 0 radical (unpaired) electrons. The number of aryl methyl sites for hydroxylation is 1. The molecule has 0 saturated carbocycles. The Balaban J connectivity index is 1.78. The van der Waals surface area contributed by atoms with Gasteiger partial charge in [0.2, 0.25) is 5.91 Å². The first-order valence-corrected chi connectivity index (χ1v) is 11.5. The van der Waals surface area contributed by atoms with Crippen molar-refractivity contribution >= 4 is 40.0 Å². The molecule has 9 heteroatoms. The Morgan fingerprint density at radius 3 is 2.63 bits per heavy atom. The molecule has 7 nitrogen and oxygen atoms in total. The van der Waals surface area contributed by atoms with E-state index in [1.54, 1.807) is 6.92 Å². The van der Waals surface area contributed by atoms with Crippen LogP contribution in [-0.2, 0) is 9.53 Å². The molecular weight excluding hydrogens is 420 g/mol. The van der Waals surface area contributed by atoms with Crippen molar-refractivity contribution in [1.29, 1.82) is 0 Å². The van der Waals surface area contributed by atoms with Crippen LogP contribution in [-0.4, -0.2) is 39.0 Å².